The van der Waals surface area contributed by atoms with Gasteiger partial charge in [-0.25, -0.2) is 0 Å². The van der Waals surface area contributed by atoms with Gasteiger partial charge in [0.2, 0.25) is 0 Å². The maximum atomic E-state index is 10.8. The highest BCUT2D eigenvalue weighted by atomic mass is 79.9. The first-order valence-corrected chi connectivity index (χ1v) is 6.31. The second kappa shape index (κ2) is 5.48. The highest BCUT2D eigenvalue weighted by Crippen LogP contribution is 2.31. The van der Waals surface area contributed by atoms with Gasteiger partial charge in [-0.3, -0.25) is 4.79 Å². The topological polar surface area (TPSA) is 37.3 Å². The summed E-state index contributed by atoms with van der Waals surface area (Å²) >= 11 is 3.62. The van der Waals surface area contributed by atoms with Crippen molar-refractivity contribution in [3.05, 3.63) is 35.4 Å². The average molecular weight is 285 g/mol. The molecule has 0 saturated heterocycles. The molecule has 88 valence electrons. The molecule has 0 radical (unpaired) electrons. The smallest absolute Gasteiger partial charge is 0.310 e. The van der Waals surface area contributed by atoms with E-state index in [1.54, 1.807) is 6.92 Å². The van der Waals surface area contributed by atoms with E-state index in [0.717, 1.165) is 5.56 Å². The van der Waals surface area contributed by atoms with Crippen molar-refractivity contribution < 1.29 is 9.90 Å². The molecule has 2 nitrogen and oxygen atoms in total. The summed E-state index contributed by atoms with van der Waals surface area (Å²) < 4.78 is 0. The van der Waals surface area contributed by atoms with Crippen LogP contribution in [0.25, 0.3) is 0 Å². The number of carboxylic acids is 1. The number of carbonyl (C=O) groups is 1. The zero-order valence-electron chi connectivity index (χ0n) is 9.77. The fourth-order valence-corrected chi connectivity index (χ4v) is 1.80. The standard InChI is InChI=1S/C13H17BrO2/c1-8(2)12(14)11-6-4-10(5-7-11)9(3)13(15)16/h4-9,12H,1-3H3,(H,15,16)/t9-,12+/m1/s1. The van der Waals surface area contributed by atoms with Gasteiger partial charge in [0.05, 0.1) is 5.92 Å². The summed E-state index contributed by atoms with van der Waals surface area (Å²) in [5.41, 5.74) is 2.04. The van der Waals surface area contributed by atoms with Crippen molar-refractivity contribution in [1.82, 2.24) is 0 Å². The Labute approximate surface area is 105 Å². The number of aliphatic carboxylic acids is 1. The molecule has 3 heteroatoms. The number of carboxylic acid groups (broad SMARTS) is 1. The molecule has 0 aliphatic rings. The molecule has 0 aliphatic heterocycles. The molecule has 1 aromatic rings. The van der Waals surface area contributed by atoms with Crippen LogP contribution in [-0.4, -0.2) is 11.1 Å². The van der Waals surface area contributed by atoms with E-state index in [2.05, 4.69) is 29.8 Å². The highest BCUT2D eigenvalue weighted by molar-refractivity contribution is 9.09. The molecule has 16 heavy (non-hydrogen) atoms. The highest BCUT2D eigenvalue weighted by Gasteiger charge is 2.15. The fraction of sp³-hybridized carbons (Fsp3) is 0.462. The minimum atomic E-state index is -0.785. The average Bonchev–Trinajstić information content (AvgIpc) is 2.27. The van der Waals surface area contributed by atoms with E-state index in [1.807, 2.05) is 24.3 Å². The monoisotopic (exact) mass is 284 g/mol. The summed E-state index contributed by atoms with van der Waals surface area (Å²) in [5.74, 6) is -0.711. The molecule has 1 rings (SSSR count). The van der Waals surface area contributed by atoms with Crippen molar-refractivity contribution in [3.63, 3.8) is 0 Å². The van der Waals surface area contributed by atoms with Crippen LogP contribution in [0.3, 0.4) is 0 Å². The Balaban J connectivity index is 2.87. The van der Waals surface area contributed by atoms with Crippen LogP contribution in [0, 0.1) is 5.92 Å². The van der Waals surface area contributed by atoms with Crippen molar-refractivity contribution in [1.29, 1.82) is 0 Å². The molecule has 0 spiro atoms. The first-order chi connectivity index (χ1) is 7.43. The Morgan fingerprint density at radius 1 is 1.12 bits per heavy atom. The largest absolute Gasteiger partial charge is 0.481 e. The van der Waals surface area contributed by atoms with Gasteiger partial charge in [0.1, 0.15) is 0 Å². The quantitative estimate of drug-likeness (QED) is 0.850. The zero-order chi connectivity index (χ0) is 12.3. The van der Waals surface area contributed by atoms with Crippen LogP contribution in [0.1, 0.15) is 42.6 Å². The van der Waals surface area contributed by atoms with Crippen LogP contribution in [-0.2, 0) is 4.79 Å². The predicted octanol–water partition coefficient (Wildman–Crippen LogP) is 3.97. The molecule has 0 bridgehead atoms. The number of halogens is 1. The van der Waals surface area contributed by atoms with Gasteiger partial charge in [0, 0.05) is 4.83 Å². The van der Waals surface area contributed by atoms with Crippen LogP contribution >= 0.6 is 15.9 Å². The Morgan fingerprint density at radius 2 is 1.56 bits per heavy atom. The van der Waals surface area contributed by atoms with Crippen molar-refractivity contribution in [2.24, 2.45) is 5.92 Å². The maximum absolute atomic E-state index is 10.8. The third kappa shape index (κ3) is 3.08. The summed E-state index contributed by atoms with van der Waals surface area (Å²) in [6.07, 6.45) is 0. The van der Waals surface area contributed by atoms with Gasteiger partial charge >= 0.3 is 5.97 Å². The Morgan fingerprint density at radius 3 is 1.94 bits per heavy atom. The van der Waals surface area contributed by atoms with E-state index in [0.29, 0.717) is 10.7 Å². The molecule has 2 atom stereocenters. The minimum Gasteiger partial charge on any atom is -0.481 e. The van der Waals surface area contributed by atoms with Crippen LogP contribution < -0.4 is 0 Å². The molecule has 1 N–H and O–H groups in total. The van der Waals surface area contributed by atoms with Gasteiger partial charge in [-0.2, -0.15) is 0 Å². The van der Waals surface area contributed by atoms with Gasteiger partial charge in [-0.1, -0.05) is 54.0 Å². The fourth-order valence-electron chi connectivity index (χ4n) is 1.50. The molecule has 0 amide bonds. The van der Waals surface area contributed by atoms with Crippen LogP contribution in [0.2, 0.25) is 0 Å². The number of hydrogen-bond donors (Lipinski definition) is 1. The van der Waals surface area contributed by atoms with Gasteiger partial charge in [-0.15, -0.1) is 0 Å². The third-order valence-corrected chi connectivity index (χ3v) is 4.30. The predicted molar refractivity (Wildman–Crippen MR) is 69.0 cm³/mol. The number of hydrogen-bond acceptors (Lipinski definition) is 1. The normalized spacial score (nSPS) is 14.8. The molecule has 0 saturated carbocycles. The summed E-state index contributed by atoms with van der Waals surface area (Å²) in [6, 6.07) is 7.78. The summed E-state index contributed by atoms with van der Waals surface area (Å²) in [5, 5.41) is 8.89. The van der Waals surface area contributed by atoms with E-state index in [9.17, 15) is 4.79 Å². The van der Waals surface area contributed by atoms with E-state index in [1.165, 1.54) is 5.56 Å². The Hall–Kier alpha value is -0.830. The lowest BCUT2D eigenvalue weighted by molar-refractivity contribution is -0.138. The third-order valence-electron chi connectivity index (χ3n) is 2.71. The lowest BCUT2D eigenvalue weighted by Gasteiger charge is -2.15. The van der Waals surface area contributed by atoms with Crippen molar-refractivity contribution in [2.75, 3.05) is 0 Å². The maximum Gasteiger partial charge on any atom is 0.310 e. The SMILES string of the molecule is CC(C)[C@H](Br)c1ccc([C@@H](C)C(=O)O)cc1. The summed E-state index contributed by atoms with van der Waals surface area (Å²) in [7, 11) is 0. The second-order valence-corrected chi connectivity index (χ2v) is 5.36. The molecule has 0 fully saturated rings. The van der Waals surface area contributed by atoms with Crippen LogP contribution in [0.5, 0.6) is 0 Å². The van der Waals surface area contributed by atoms with E-state index in [-0.39, 0.29) is 0 Å². The molecule has 0 unspecified atom stereocenters. The number of benzene rings is 1. The van der Waals surface area contributed by atoms with Crippen LogP contribution in [0.4, 0.5) is 0 Å². The molecule has 0 aliphatic carbocycles. The second-order valence-electron chi connectivity index (χ2n) is 4.37. The Bertz CT molecular complexity index is 357. The lowest BCUT2D eigenvalue weighted by Crippen LogP contribution is -2.07. The molecule has 0 heterocycles. The molecule has 1 aromatic carbocycles. The van der Waals surface area contributed by atoms with E-state index in [4.69, 9.17) is 5.11 Å². The lowest BCUT2D eigenvalue weighted by atomic mass is 9.97. The zero-order valence-corrected chi connectivity index (χ0v) is 11.4. The molecular formula is C13H17BrO2. The van der Waals surface area contributed by atoms with Gasteiger partial charge in [-0.05, 0) is 24.0 Å². The van der Waals surface area contributed by atoms with Gasteiger partial charge in [0.25, 0.3) is 0 Å². The first-order valence-electron chi connectivity index (χ1n) is 5.40. The summed E-state index contributed by atoms with van der Waals surface area (Å²) in [6.45, 7) is 5.99. The first kappa shape index (κ1) is 13.2. The van der Waals surface area contributed by atoms with Crippen LogP contribution in [0.15, 0.2) is 24.3 Å². The Kier molecular flexibility index (Phi) is 4.54. The van der Waals surface area contributed by atoms with Crippen molar-refractivity contribution in [2.45, 2.75) is 31.5 Å². The van der Waals surface area contributed by atoms with Crippen molar-refractivity contribution >= 4 is 21.9 Å². The summed E-state index contributed by atoms with van der Waals surface area (Å²) in [4.78, 5) is 11.1. The van der Waals surface area contributed by atoms with Gasteiger partial charge in [0.15, 0.2) is 0 Å². The van der Waals surface area contributed by atoms with E-state index < -0.39 is 11.9 Å². The minimum absolute atomic E-state index is 0.321. The number of rotatable bonds is 4. The van der Waals surface area contributed by atoms with Gasteiger partial charge < -0.3 is 5.11 Å². The molecular weight excluding hydrogens is 268 g/mol. The number of alkyl halides is 1. The van der Waals surface area contributed by atoms with E-state index >= 15 is 0 Å². The molecule has 0 aromatic heterocycles. The van der Waals surface area contributed by atoms with Crippen molar-refractivity contribution in [3.8, 4) is 0 Å².